The highest BCUT2D eigenvalue weighted by Crippen LogP contribution is 2.26. The first-order valence-corrected chi connectivity index (χ1v) is 12.3. The molecule has 32 heavy (non-hydrogen) atoms. The van der Waals surface area contributed by atoms with Crippen molar-refractivity contribution in [2.24, 2.45) is 0 Å². The zero-order valence-corrected chi connectivity index (χ0v) is 19.6. The molecule has 0 aliphatic carbocycles. The van der Waals surface area contributed by atoms with E-state index in [1.165, 1.54) is 18.7 Å². The van der Waals surface area contributed by atoms with Gasteiger partial charge in [0.1, 0.15) is 0 Å². The molecule has 3 aromatic rings. The van der Waals surface area contributed by atoms with Crippen LogP contribution >= 0.6 is 11.8 Å². The molecule has 0 bridgehead atoms. The molecule has 0 fully saturated rings. The molecule has 0 heterocycles. The van der Waals surface area contributed by atoms with Gasteiger partial charge in [-0.25, -0.2) is 8.42 Å². The Kier molecular flexibility index (Phi) is 7.37. The maximum absolute atomic E-state index is 12.5. The van der Waals surface area contributed by atoms with Crippen molar-refractivity contribution < 1.29 is 18.0 Å². The number of anilines is 2. The van der Waals surface area contributed by atoms with Gasteiger partial charge in [-0.1, -0.05) is 17.7 Å². The number of rotatable bonds is 8. The Morgan fingerprint density at radius 2 is 1.41 bits per heavy atom. The largest absolute Gasteiger partial charge is 0.325 e. The van der Waals surface area contributed by atoms with Gasteiger partial charge in [0.2, 0.25) is 5.91 Å². The second kappa shape index (κ2) is 10.0. The van der Waals surface area contributed by atoms with Gasteiger partial charge < -0.3 is 5.32 Å². The van der Waals surface area contributed by atoms with E-state index in [-0.39, 0.29) is 21.8 Å². The molecule has 6 nitrogen and oxygen atoms in total. The Morgan fingerprint density at radius 3 is 1.97 bits per heavy atom. The number of carbonyl (C=O) groups is 2. The average molecular weight is 469 g/mol. The third kappa shape index (κ3) is 6.21. The van der Waals surface area contributed by atoms with Crippen molar-refractivity contribution in [3.8, 4) is 0 Å². The zero-order valence-electron chi connectivity index (χ0n) is 18.0. The van der Waals surface area contributed by atoms with E-state index in [1.54, 1.807) is 79.7 Å². The highest BCUT2D eigenvalue weighted by atomic mass is 32.2. The van der Waals surface area contributed by atoms with Crippen LogP contribution in [0, 0.1) is 6.92 Å². The second-order valence-corrected chi connectivity index (χ2v) is 10.4. The molecule has 0 radical (unpaired) electrons. The molecular formula is C24H24N2O4S2. The van der Waals surface area contributed by atoms with E-state index < -0.39 is 10.0 Å². The minimum absolute atomic E-state index is 0.0311. The van der Waals surface area contributed by atoms with Gasteiger partial charge in [0.05, 0.1) is 10.1 Å². The van der Waals surface area contributed by atoms with E-state index in [0.29, 0.717) is 16.9 Å². The van der Waals surface area contributed by atoms with Crippen molar-refractivity contribution in [2.45, 2.75) is 35.8 Å². The van der Waals surface area contributed by atoms with Gasteiger partial charge in [-0.15, -0.1) is 11.8 Å². The number of aryl methyl sites for hydroxylation is 1. The minimum atomic E-state index is -3.66. The molecule has 2 N–H and O–H groups in total. The standard InChI is InChI=1S/C24H24N2O4S2/c1-16-4-14-23(15-5-16)32(29,30)26-21-10-12-22(13-11-21)31-18(3)24(28)25-20-8-6-19(7-9-20)17(2)27/h4-15,18,26H,1-3H3,(H,25,28). The van der Waals surface area contributed by atoms with Crippen molar-refractivity contribution >= 4 is 44.9 Å². The normalized spacial score (nSPS) is 12.1. The average Bonchev–Trinajstić information content (AvgIpc) is 2.75. The highest BCUT2D eigenvalue weighted by molar-refractivity contribution is 8.00. The predicted octanol–water partition coefficient (Wildman–Crippen LogP) is 5.12. The van der Waals surface area contributed by atoms with Gasteiger partial charge in [0, 0.05) is 21.8 Å². The number of sulfonamides is 1. The Bertz CT molecular complexity index is 1200. The SMILES string of the molecule is CC(=O)c1ccc(NC(=O)C(C)Sc2ccc(NS(=O)(=O)c3ccc(C)cc3)cc2)cc1. The topological polar surface area (TPSA) is 92.3 Å². The third-order valence-corrected chi connectivity index (χ3v) is 7.19. The summed E-state index contributed by atoms with van der Waals surface area (Å²) in [7, 11) is -3.66. The fraction of sp³-hybridized carbons (Fsp3) is 0.167. The molecule has 3 rings (SSSR count). The number of nitrogens with one attached hydrogen (secondary N) is 2. The first kappa shape index (κ1) is 23.6. The van der Waals surface area contributed by atoms with E-state index in [0.717, 1.165) is 10.5 Å². The van der Waals surface area contributed by atoms with Crippen LogP contribution < -0.4 is 10.0 Å². The van der Waals surface area contributed by atoms with Gasteiger partial charge in [0.15, 0.2) is 5.78 Å². The number of benzene rings is 3. The van der Waals surface area contributed by atoms with Crippen molar-refractivity contribution in [1.29, 1.82) is 0 Å². The Labute approximate surface area is 192 Å². The molecule has 0 aliphatic heterocycles. The van der Waals surface area contributed by atoms with Gasteiger partial charge in [-0.2, -0.15) is 0 Å². The summed E-state index contributed by atoms with van der Waals surface area (Å²) in [5, 5.41) is 2.45. The van der Waals surface area contributed by atoms with Crippen LogP contribution in [-0.4, -0.2) is 25.4 Å². The summed E-state index contributed by atoms with van der Waals surface area (Å²) in [6.45, 7) is 5.18. The van der Waals surface area contributed by atoms with E-state index >= 15 is 0 Å². The maximum atomic E-state index is 12.5. The fourth-order valence-electron chi connectivity index (χ4n) is 2.82. The molecule has 0 spiro atoms. The fourth-order valence-corrected chi connectivity index (χ4v) is 4.75. The third-order valence-electron chi connectivity index (χ3n) is 4.68. The summed E-state index contributed by atoms with van der Waals surface area (Å²) >= 11 is 1.36. The van der Waals surface area contributed by atoms with Crippen LogP contribution in [0.5, 0.6) is 0 Å². The van der Waals surface area contributed by atoms with Crippen molar-refractivity contribution in [2.75, 3.05) is 10.0 Å². The van der Waals surface area contributed by atoms with Crippen molar-refractivity contribution in [3.63, 3.8) is 0 Å². The molecule has 0 aromatic heterocycles. The zero-order chi connectivity index (χ0) is 23.3. The molecule has 1 amide bonds. The maximum Gasteiger partial charge on any atom is 0.261 e. The number of hydrogen-bond donors (Lipinski definition) is 2. The van der Waals surface area contributed by atoms with Gasteiger partial charge in [-0.05, 0) is 81.4 Å². The van der Waals surface area contributed by atoms with Gasteiger partial charge >= 0.3 is 0 Å². The highest BCUT2D eigenvalue weighted by Gasteiger charge is 2.16. The summed E-state index contributed by atoms with van der Waals surface area (Å²) < 4.78 is 27.6. The Morgan fingerprint density at radius 1 is 0.844 bits per heavy atom. The molecule has 1 atom stereocenters. The van der Waals surface area contributed by atoms with Crippen molar-refractivity contribution in [1.82, 2.24) is 0 Å². The molecule has 0 aliphatic rings. The lowest BCUT2D eigenvalue weighted by molar-refractivity contribution is -0.115. The number of Topliss-reactive ketones (excluding diaryl/α,β-unsaturated/α-hetero) is 1. The van der Waals surface area contributed by atoms with Crippen LogP contribution in [0.15, 0.2) is 82.6 Å². The Hall–Kier alpha value is -3.10. The number of ketones is 1. The summed E-state index contributed by atoms with van der Waals surface area (Å²) in [5.74, 6) is -0.203. The van der Waals surface area contributed by atoms with Gasteiger partial charge in [-0.3, -0.25) is 14.3 Å². The molecular weight excluding hydrogens is 444 g/mol. The first-order valence-electron chi connectivity index (χ1n) is 9.92. The summed E-state index contributed by atoms with van der Waals surface area (Å²) in [5.41, 5.74) is 2.63. The minimum Gasteiger partial charge on any atom is -0.325 e. The molecule has 8 heteroatoms. The predicted molar refractivity (Wildman–Crippen MR) is 129 cm³/mol. The van der Waals surface area contributed by atoms with Crippen LogP contribution in [0.3, 0.4) is 0 Å². The van der Waals surface area contributed by atoms with Crippen LogP contribution in [0.25, 0.3) is 0 Å². The summed E-state index contributed by atoms with van der Waals surface area (Å²) in [4.78, 5) is 24.9. The van der Waals surface area contributed by atoms with Crippen molar-refractivity contribution in [3.05, 3.63) is 83.9 Å². The lowest BCUT2D eigenvalue weighted by atomic mass is 10.1. The van der Waals surface area contributed by atoms with E-state index in [4.69, 9.17) is 0 Å². The number of thioether (sulfide) groups is 1. The molecule has 166 valence electrons. The van der Waals surface area contributed by atoms with Crippen LogP contribution in [0.4, 0.5) is 11.4 Å². The first-order chi connectivity index (χ1) is 15.1. The number of hydrogen-bond acceptors (Lipinski definition) is 5. The second-order valence-electron chi connectivity index (χ2n) is 7.33. The molecule has 1 unspecified atom stereocenters. The monoisotopic (exact) mass is 468 g/mol. The van der Waals surface area contributed by atoms with Crippen LogP contribution in [0.2, 0.25) is 0 Å². The number of amides is 1. The lowest BCUT2D eigenvalue weighted by Crippen LogP contribution is -2.22. The van der Waals surface area contributed by atoms with Gasteiger partial charge in [0.25, 0.3) is 10.0 Å². The van der Waals surface area contributed by atoms with E-state index in [1.807, 2.05) is 6.92 Å². The molecule has 0 saturated carbocycles. The summed E-state index contributed by atoms with van der Waals surface area (Å²) in [6, 6.07) is 20.2. The summed E-state index contributed by atoms with van der Waals surface area (Å²) in [6.07, 6.45) is 0. The lowest BCUT2D eigenvalue weighted by Gasteiger charge is -2.13. The van der Waals surface area contributed by atoms with E-state index in [2.05, 4.69) is 10.0 Å². The molecule has 3 aromatic carbocycles. The quantitative estimate of drug-likeness (QED) is 0.354. The Balaban J connectivity index is 1.59. The van der Waals surface area contributed by atoms with E-state index in [9.17, 15) is 18.0 Å². The smallest absolute Gasteiger partial charge is 0.261 e. The number of carbonyl (C=O) groups excluding carboxylic acids is 2. The van der Waals surface area contributed by atoms with Crippen LogP contribution in [0.1, 0.15) is 29.8 Å². The van der Waals surface area contributed by atoms with Crippen LogP contribution in [-0.2, 0) is 14.8 Å². The molecule has 0 saturated heterocycles.